The van der Waals surface area contributed by atoms with E-state index in [4.69, 9.17) is 5.73 Å². The van der Waals surface area contributed by atoms with Gasteiger partial charge in [0, 0.05) is 10.4 Å². The second kappa shape index (κ2) is 5.01. The number of methoxy groups -OCH3 is 1. The van der Waals surface area contributed by atoms with Gasteiger partial charge in [0.05, 0.1) is 12.8 Å². The Balaban J connectivity index is 2.64. The van der Waals surface area contributed by atoms with E-state index in [1.54, 1.807) is 32.0 Å². The van der Waals surface area contributed by atoms with Crippen LogP contribution in [0.25, 0.3) is 10.4 Å². The van der Waals surface area contributed by atoms with Crippen LogP contribution < -0.4 is 5.73 Å². The van der Waals surface area contributed by atoms with E-state index in [1.807, 2.05) is 0 Å². The minimum Gasteiger partial charge on any atom is -0.465 e. The molecule has 100 valence electrons. The molecule has 0 spiro atoms. The zero-order chi connectivity index (χ0) is 14.2. The molecule has 19 heavy (non-hydrogen) atoms. The third-order valence-corrected chi connectivity index (χ3v) is 4.32. The van der Waals surface area contributed by atoms with E-state index in [9.17, 15) is 9.18 Å². The van der Waals surface area contributed by atoms with Crippen molar-refractivity contribution in [1.82, 2.24) is 0 Å². The molecule has 0 unspecified atom stereocenters. The van der Waals surface area contributed by atoms with E-state index in [1.165, 1.54) is 7.11 Å². The summed E-state index contributed by atoms with van der Waals surface area (Å²) in [5.74, 6) is -0.784. The molecule has 0 saturated carbocycles. The Hall–Kier alpha value is -1.88. The summed E-state index contributed by atoms with van der Waals surface area (Å²) in [6.45, 7) is 3.47. The number of hydrogen-bond acceptors (Lipinski definition) is 4. The minimum atomic E-state index is -0.495. The lowest BCUT2D eigenvalue weighted by Crippen LogP contribution is -2.01. The van der Waals surface area contributed by atoms with Crippen molar-refractivity contribution < 1.29 is 13.9 Å². The van der Waals surface area contributed by atoms with Gasteiger partial charge in [0.15, 0.2) is 0 Å². The van der Waals surface area contributed by atoms with E-state index in [2.05, 4.69) is 4.74 Å². The highest BCUT2D eigenvalue weighted by atomic mass is 32.1. The molecule has 0 amide bonds. The van der Waals surface area contributed by atoms with E-state index >= 15 is 0 Å². The number of anilines is 1. The van der Waals surface area contributed by atoms with Gasteiger partial charge in [-0.1, -0.05) is 18.2 Å². The fourth-order valence-electron chi connectivity index (χ4n) is 1.85. The third kappa shape index (κ3) is 2.21. The molecule has 0 aliphatic rings. The Morgan fingerprint density at radius 2 is 2.05 bits per heavy atom. The van der Waals surface area contributed by atoms with Crippen molar-refractivity contribution in [1.29, 1.82) is 0 Å². The molecule has 2 rings (SSSR count). The maximum absolute atomic E-state index is 14.1. The van der Waals surface area contributed by atoms with Gasteiger partial charge in [-0.15, -0.1) is 11.3 Å². The molecule has 0 fully saturated rings. The van der Waals surface area contributed by atoms with Gasteiger partial charge >= 0.3 is 5.97 Å². The fourth-order valence-corrected chi connectivity index (χ4v) is 3.01. The number of esters is 1. The van der Waals surface area contributed by atoms with Crippen molar-refractivity contribution in [2.45, 2.75) is 13.8 Å². The lowest BCUT2D eigenvalue weighted by molar-refractivity contribution is 0.0607. The number of carbonyl (C=O) groups is 1. The molecule has 3 nitrogen and oxygen atoms in total. The SMILES string of the molecule is COC(=O)c1sc(-c2cccc(C)c2F)c(C)c1N. The first-order chi connectivity index (χ1) is 8.97. The highest BCUT2D eigenvalue weighted by molar-refractivity contribution is 7.18. The van der Waals surface area contributed by atoms with Crippen molar-refractivity contribution in [2.75, 3.05) is 12.8 Å². The molecule has 0 aliphatic heterocycles. The lowest BCUT2D eigenvalue weighted by atomic mass is 10.1. The first-order valence-electron chi connectivity index (χ1n) is 5.70. The van der Waals surface area contributed by atoms with Crippen LogP contribution in [0.15, 0.2) is 18.2 Å². The second-order valence-corrected chi connectivity index (χ2v) is 5.25. The van der Waals surface area contributed by atoms with Gasteiger partial charge in [-0.2, -0.15) is 0 Å². The Morgan fingerprint density at radius 1 is 1.37 bits per heavy atom. The van der Waals surface area contributed by atoms with Gasteiger partial charge in [-0.3, -0.25) is 0 Å². The zero-order valence-corrected chi connectivity index (χ0v) is 11.7. The Kier molecular flexibility index (Phi) is 3.57. The molecule has 1 heterocycles. The Labute approximate surface area is 114 Å². The molecule has 0 radical (unpaired) electrons. The second-order valence-electron chi connectivity index (χ2n) is 4.23. The largest absolute Gasteiger partial charge is 0.465 e. The van der Waals surface area contributed by atoms with Crippen molar-refractivity contribution in [2.24, 2.45) is 0 Å². The van der Waals surface area contributed by atoms with Crippen LogP contribution in [0, 0.1) is 19.7 Å². The van der Waals surface area contributed by atoms with Crippen LogP contribution in [-0.4, -0.2) is 13.1 Å². The van der Waals surface area contributed by atoms with Gasteiger partial charge in [-0.05, 0) is 25.0 Å². The number of rotatable bonds is 2. The van der Waals surface area contributed by atoms with Gasteiger partial charge in [0.1, 0.15) is 10.7 Å². The van der Waals surface area contributed by atoms with Crippen LogP contribution in [-0.2, 0) is 4.74 Å². The fraction of sp³-hybridized carbons (Fsp3) is 0.214. The molecule has 2 N–H and O–H groups in total. The molecule has 0 saturated heterocycles. The summed E-state index contributed by atoms with van der Waals surface area (Å²) in [6.07, 6.45) is 0. The normalized spacial score (nSPS) is 10.5. The van der Waals surface area contributed by atoms with Crippen LogP contribution >= 0.6 is 11.3 Å². The summed E-state index contributed by atoms with van der Waals surface area (Å²) >= 11 is 1.16. The van der Waals surface area contributed by atoms with Crippen LogP contribution in [0.2, 0.25) is 0 Å². The Bertz CT molecular complexity index is 649. The van der Waals surface area contributed by atoms with E-state index in [-0.39, 0.29) is 5.82 Å². The monoisotopic (exact) mass is 279 g/mol. The average Bonchev–Trinajstić information content (AvgIpc) is 2.69. The van der Waals surface area contributed by atoms with Crippen molar-refractivity contribution in [3.63, 3.8) is 0 Å². The van der Waals surface area contributed by atoms with Gasteiger partial charge in [-0.25, -0.2) is 9.18 Å². The molecule has 5 heteroatoms. The van der Waals surface area contributed by atoms with Crippen molar-refractivity contribution in [3.8, 4) is 10.4 Å². The molecule has 0 atom stereocenters. The summed E-state index contributed by atoms with van der Waals surface area (Å²) in [4.78, 5) is 12.6. The van der Waals surface area contributed by atoms with Gasteiger partial charge < -0.3 is 10.5 Å². The summed E-state index contributed by atoms with van der Waals surface area (Å²) in [5.41, 5.74) is 7.97. The topological polar surface area (TPSA) is 52.3 Å². The van der Waals surface area contributed by atoms with Crippen molar-refractivity contribution >= 4 is 23.0 Å². The molecule has 0 bridgehead atoms. The summed E-state index contributed by atoms with van der Waals surface area (Å²) < 4.78 is 18.8. The maximum Gasteiger partial charge on any atom is 0.350 e. The number of carbonyl (C=O) groups excluding carboxylic acids is 1. The maximum atomic E-state index is 14.1. The van der Waals surface area contributed by atoms with Crippen LogP contribution in [0.4, 0.5) is 10.1 Å². The van der Waals surface area contributed by atoms with Gasteiger partial charge in [0.25, 0.3) is 0 Å². The average molecular weight is 279 g/mol. The highest BCUT2D eigenvalue weighted by Crippen LogP contribution is 2.39. The smallest absolute Gasteiger partial charge is 0.350 e. The molecule has 0 aliphatic carbocycles. The minimum absolute atomic E-state index is 0.289. The van der Waals surface area contributed by atoms with E-state index < -0.39 is 5.97 Å². The van der Waals surface area contributed by atoms with E-state index in [0.717, 1.165) is 11.3 Å². The highest BCUT2D eigenvalue weighted by Gasteiger charge is 2.21. The molecule has 2 aromatic rings. The number of nitrogen functional groups attached to an aromatic ring is 1. The predicted octanol–water partition coefficient (Wildman–Crippen LogP) is 3.54. The van der Waals surface area contributed by atoms with Crippen LogP contribution in [0.3, 0.4) is 0 Å². The first-order valence-corrected chi connectivity index (χ1v) is 6.51. The number of hydrogen-bond donors (Lipinski definition) is 1. The first kappa shape index (κ1) is 13.5. The Morgan fingerprint density at radius 3 is 2.68 bits per heavy atom. The van der Waals surface area contributed by atoms with E-state index in [0.29, 0.717) is 32.1 Å². The number of nitrogens with two attached hydrogens (primary N) is 1. The molecular weight excluding hydrogens is 265 g/mol. The third-order valence-electron chi connectivity index (χ3n) is 3.00. The van der Waals surface area contributed by atoms with Gasteiger partial charge in [0.2, 0.25) is 0 Å². The summed E-state index contributed by atoms with van der Waals surface area (Å²) in [5, 5.41) is 0. The zero-order valence-electron chi connectivity index (χ0n) is 10.9. The molecule has 1 aromatic carbocycles. The number of thiophene rings is 1. The standard InChI is InChI=1S/C14H14FNO2S/c1-7-5-4-6-9(10(7)15)12-8(2)11(16)13(19-12)14(17)18-3/h4-6H,16H2,1-3H3. The quantitative estimate of drug-likeness (QED) is 0.855. The summed E-state index contributed by atoms with van der Waals surface area (Å²) in [7, 11) is 1.30. The number of benzene rings is 1. The predicted molar refractivity (Wildman–Crippen MR) is 74.9 cm³/mol. The van der Waals surface area contributed by atoms with Crippen molar-refractivity contribution in [3.05, 3.63) is 40.0 Å². The van der Waals surface area contributed by atoms with Crippen LogP contribution in [0.1, 0.15) is 20.8 Å². The summed E-state index contributed by atoms with van der Waals surface area (Å²) in [6, 6.07) is 5.16. The van der Waals surface area contributed by atoms with Crippen LogP contribution in [0.5, 0.6) is 0 Å². The number of halogens is 1. The molecular formula is C14H14FNO2S. The number of aryl methyl sites for hydroxylation is 1. The number of ether oxygens (including phenoxy) is 1. The lowest BCUT2D eigenvalue weighted by Gasteiger charge is -2.04. The molecule has 1 aromatic heterocycles.